The minimum atomic E-state index is -0.931. The number of thiophene rings is 1. The van der Waals surface area contributed by atoms with Crippen molar-refractivity contribution in [2.45, 2.75) is 0 Å². The molecule has 0 aliphatic rings. The van der Waals surface area contributed by atoms with Gasteiger partial charge in [0.15, 0.2) is 0 Å². The van der Waals surface area contributed by atoms with Gasteiger partial charge in [0.25, 0.3) is 0 Å². The molecule has 0 fully saturated rings. The fourth-order valence-electron chi connectivity index (χ4n) is 1.26. The topological polar surface area (TPSA) is 57.5 Å². The highest BCUT2D eigenvalue weighted by Crippen LogP contribution is 2.33. The molecule has 0 aliphatic carbocycles. The van der Waals surface area contributed by atoms with Crippen LogP contribution in [0.25, 0.3) is 10.1 Å². The van der Waals surface area contributed by atoms with E-state index in [9.17, 15) is 9.90 Å². The Balaban J connectivity index is 2.85. The Labute approximate surface area is 97.1 Å². The number of hydrogen-bond acceptors (Lipinski definition) is 3. The number of phenolic OH excluding ortho intramolecular Hbond substituents is 1. The van der Waals surface area contributed by atoms with Crippen LogP contribution < -0.4 is 0 Å². The molecule has 2 aromatic rings. The van der Waals surface area contributed by atoms with Gasteiger partial charge in [0.2, 0.25) is 0 Å². The van der Waals surface area contributed by atoms with Crippen molar-refractivity contribution in [1.29, 1.82) is 0 Å². The van der Waals surface area contributed by atoms with E-state index >= 15 is 0 Å². The highest BCUT2D eigenvalue weighted by molar-refractivity contribution is 14.1. The van der Waals surface area contributed by atoms with Crippen LogP contribution in [-0.4, -0.2) is 16.2 Å². The average molecular weight is 320 g/mol. The van der Waals surface area contributed by atoms with Gasteiger partial charge in [0.1, 0.15) is 5.75 Å². The van der Waals surface area contributed by atoms with Gasteiger partial charge in [-0.25, -0.2) is 4.79 Å². The Morgan fingerprint density at radius 3 is 2.79 bits per heavy atom. The van der Waals surface area contributed by atoms with E-state index in [1.54, 1.807) is 17.5 Å². The molecule has 2 N–H and O–H groups in total. The molecule has 5 heteroatoms. The number of fused-ring (bicyclic) bond motifs is 1. The molecular formula is C9H5IO3S. The van der Waals surface area contributed by atoms with E-state index in [1.165, 1.54) is 11.3 Å². The third kappa shape index (κ3) is 1.46. The number of carboxylic acids is 1. The fourth-order valence-corrected chi connectivity index (χ4v) is 3.33. The quantitative estimate of drug-likeness (QED) is 0.795. The first-order chi connectivity index (χ1) is 6.59. The summed E-state index contributed by atoms with van der Waals surface area (Å²) in [5.41, 5.74) is 0.300. The number of carbonyl (C=O) groups is 1. The summed E-state index contributed by atoms with van der Waals surface area (Å²) in [7, 11) is 0. The predicted octanol–water partition coefficient (Wildman–Crippen LogP) is 2.91. The van der Waals surface area contributed by atoms with Gasteiger partial charge in [-0.05, 0) is 34.7 Å². The van der Waals surface area contributed by atoms with Crippen LogP contribution in [0.2, 0.25) is 0 Å². The number of aromatic carboxylic acids is 1. The molecule has 2 rings (SSSR count). The molecule has 1 aromatic carbocycles. The molecule has 0 atom stereocenters. The lowest BCUT2D eigenvalue weighted by Crippen LogP contribution is -1.94. The molecule has 0 saturated heterocycles. The third-order valence-corrected chi connectivity index (χ3v) is 3.62. The highest BCUT2D eigenvalue weighted by atomic mass is 127. The van der Waals surface area contributed by atoms with Crippen molar-refractivity contribution in [3.8, 4) is 5.75 Å². The van der Waals surface area contributed by atoms with E-state index in [-0.39, 0.29) is 5.75 Å². The van der Waals surface area contributed by atoms with Gasteiger partial charge in [-0.3, -0.25) is 0 Å². The number of benzene rings is 1. The molecule has 0 spiro atoms. The first-order valence-electron chi connectivity index (χ1n) is 3.72. The van der Waals surface area contributed by atoms with E-state index < -0.39 is 5.97 Å². The molecular weight excluding hydrogens is 315 g/mol. The monoisotopic (exact) mass is 320 g/mol. The fraction of sp³-hybridized carbons (Fsp3) is 0. The Morgan fingerprint density at radius 2 is 2.14 bits per heavy atom. The summed E-state index contributed by atoms with van der Waals surface area (Å²) >= 11 is 3.35. The molecule has 0 aliphatic heterocycles. The van der Waals surface area contributed by atoms with Crippen LogP contribution in [0.3, 0.4) is 0 Å². The average Bonchev–Trinajstić information content (AvgIpc) is 2.47. The zero-order chi connectivity index (χ0) is 10.3. The minimum Gasteiger partial charge on any atom is -0.508 e. The Hall–Kier alpha value is -0.820. The van der Waals surface area contributed by atoms with Crippen LogP contribution in [-0.2, 0) is 0 Å². The largest absolute Gasteiger partial charge is 0.508 e. The molecule has 0 radical (unpaired) electrons. The summed E-state index contributed by atoms with van der Waals surface area (Å²) in [5.74, 6) is -0.763. The first kappa shape index (κ1) is 9.72. The van der Waals surface area contributed by atoms with Gasteiger partial charge in [0, 0.05) is 19.0 Å². The van der Waals surface area contributed by atoms with Crippen molar-refractivity contribution in [2.24, 2.45) is 0 Å². The Morgan fingerprint density at radius 1 is 1.43 bits per heavy atom. The summed E-state index contributed by atoms with van der Waals surface area (Å²) in [6.07, 6.45) is 0. The second-order valence-electron chi connectivity index (χ2n) is 2.76. The van der Waals surface area contributed by atoms with E-state index in [1.807, 2.05) is 22.6 Å². The van der Waals surface area contributed by atoms with Crippen molar-refractivity contribution in [3.63, 3.8) is 0 Å². The SMILES string of the molecule is O=C(O)c1csc2cc(O)cc(I)c12. The Kier molecular flexibility index (Phi) is 2.36. The zero-order valence-corrected chi connectivity index (χ0v) is 9.79. The van der Waals surface area contributed by atoms with Gasteiger partial charge in [-0.1, -0.05) is 0 Å². The van der Waals surface area contributed by atoms with Crippen molar-refractivity contribution >= 4 is 50.0 Å². The maximum Gasteiger partial charge on any atom is 0.337 e. The maximum atomic E-state index is 10.9. The van der Waals surface area contributed by atoms with Gasteiger partial charge in [-0.15, -0.1) is 11.3 Å². The molecule has 14 heavy (non-hydrogen) atoms. The lowest BCUT2D eigenvalue weighted by atomic mass is 10.2. The molecule has 0 amide bonds. The molecule has 0 saturated carbocycles. The van der Waals surface area contributed by atoms with E-state index in [4.69, 9.17) is 5.11 Å². The number of hydrogen-bond donors (Lipinski definition) is 2. The van der Waals surface area contributed by atoms with Crippen molar-refractivity contribution in [3.05, 3.63) is 26.6 Å². The molecule has 3 nitrogen and oxygen atoms in total. The minimum absolute atomic E-state index is 0.167. The van der Waals surface area contributed by atoms with Gasteiger partial charge < -0.3 is 10.2 Å². The summed E-state index contributed by atoms with van der Waals surface area (Å²) in [5, 5.41) is 20.5. The lowest BCUT2D eigenvalue weighted by molar-refractivity contribution is 0.0699. The molecule has 0 unspecified atom stereocenters. The van der Waals surface area contributed by atoms with Gasteiger partial charge in [-0.2, -0.15) is 0 Å². The Bertz CT molecular complexity index is 518. The predicted molar refractivity (Wildman–Crippen MR) is 63.2 cm³/mol. The number of phenols is 1. The van der Waals surface area contributed by atoms with Crippen LogP contribution in [0.15, 0.2) is 17.5 Å². The summed E-state index contributed by atoms with van der Waals surface area (Å²) in [6.45, 7) is 0. The zero-order valence-electron chi connectivity index (χ0n) is 6.82. The second-order valence-corrected chi connectivity index (χ2v) is 4.83. The van der Waals surface area contributed by atoms with Crippen molar-refractivity contribution in [1.82, 2.24) is 0 Å². The van der Waals surface area contributed by atoms with Crippen molar-refractivity contribution in [2.75, 3.05) is 0 Å². The van der Waals surface area contributed by atoms with Crippen LogP contribution in [0.5, 0.6) is 5.75 Å². The number of carboxylic acid groups (broad SMARTS) is 1. The highest BCUT2D eigenvalue weighted by Gasteiger charge is 2.14. The van der Waals surface area contributed by atoms with Gasteiger partial charge in [0.05, 0.1) is 5.56 Å². The summed E-state index contributed by atoms with van der Waals surface area (Å²) < 4.78 is 1.56. The standard InChI is InChI=1S/C9H5IO3S/c10-6-1-4(11)2-7-8(6)5(3-14-7)9(12)13/h1-3,11H,(H,12,13). The van der Waals surface area contributed by atoms with Crippen molar-refractivity contribution < 1.29 is 15.0 Å². The van der Waals surface area contributed by atoms with Crippen LogP contribution in [0.4, 0.5) is 0 Å². The summed E-state index contributed by atoms with van der Waals surface area (Å²) in [6, 6.07) is 3.14. The maximum absolute atomic E-state index is 10.9. The lowest BCUT2D eigenvalue weighted by Gasteiger charge is -1.98. The van der Waals surface area contributed by atoms with Crippen LogP contribution in [0, 0.1) is 3.57 Å². The number of rotatable bonds is 1. The molecule has 1 aromatic heterocycles. The van der Waals surface area contributed by atoms with E-state index in [0.717, 1.165) is 8.27 Å². The first-order valence-corrected chi connectivity index (χ1v) is 5.68. The van der Waals surface area contributed by atoms with E-state index in [0.29, 0.717) is 10.9 Å². The van der Waals surface area contributed by atoms with Crippen LogP contribution >= 0.6 is 33.9 Å². The molecule has 1 heterocycles. The second kappa shape index (κ2) is 3.39. The number of halogens is 1. The molecule has 0 bridgehead atoms. The van der Waals surface area contributed by atoms with E-state index in [2.05, 4.69) is 0 Å². The van der Waals surface area contributed by atoms with Crippen LogP contribution in [0.1, 0.15) is 10.4 Å². The summed E-state index contributed by atoms with van der Waals surface area (Å²) in [4.78, 5) is 10.9. The third-order valence-electron chi connectivity index (χ3n) is 1.84. The van der Waals surface area contributed by atoms with Gasteiger partial charge >= 0.3 is 5.97 Å². The normalized spacial score (nSPS) is 10.6. The number of aromatic hydroxyl groups is 1. The molecule has 72 valence electrons. The smallest absolute Gasteiger partial charge is 0.337 e.